The quantitative estimate of drug-likeness (QED) is 0.906. The third-order valence-corrected chi connectivity index (χ3v) is 4.08. The Morgan fingerprint density at radius 2 is 2.15 bits per heavy atom. The molecule has 0 radical (unpaired) electrons. The van der Waals surface area contributed by atoms with Gasteiger partial charge in [0.1, 0.15) is 0 Å². The number of nitrogens with one attached hydrogen (secondary N) is 1. The first-order chi connectivity index (χ1) is 9.63. The van der Waals surface area contributed by atoms with Crippen LogP contribution < -0.4 is 5.32 Å². The van der Waals surface area contributed by atoms with Gasteiger partial charge in [-0.05, 0) is 63.5 Å². The van der Waals surface area contributed by atoms with Crippen molar-refractivity contribution in [1.82, 2.24) is 10.2 Å². The van der Waals surface area contributed by atoms with E-state index in [1.165, 1.54) is 5.56 Å². The van der Waals surface area contributed by atoms with Crippen LogP contribution in [0.5, 0.6) is 0 Å². The van der Waals surface area contributed by atoms with Crippen LogP contribution >= 0.6 is 11.6 Å². The van der Waals surface area contributed by atoms with Crippen LogP contribution in [0.3, 0.4) is 0 Å². The second-order valence-corrected chi connectivity index (χ2v) is 6.06. The van der Waals surface area contributed by atoms with E-state index in [-0.39, 0.29) is 5.91 Å². The molecule has 0 unspecified atom stereocenters. The average molecular weight is 295 g/mol. The highest BCUT2D eigenvalue weighted by Gasteiger charge is 2.17. The molecule has 0 spiro atoms. The molecule has 1 aliphatic heterocycles. The number of amides is 1. The van der Waals surface area contributed by atoms with Gasteiger partial charge >= 0.3 is 0 Å². The van der Waals surface area contributed by atoms with Gasteiger partial charge in [-0.1, -0.05) is 23.7 Å². The number of carbonyl (C=O) groups is 1. The Labute approximate surface area is 126 Å². The minimum absolute atomic E-state index is 0.182. The molecule has 0 saturated carbocycles. The Morgan fingerprint density at radius 1 is 1.40 bits per heavy atom. The second-order valence-electron chi connectivity index (χ2n) is 5.63. The molecule has 1 aromatic rings. The van der Waals surface area contributed by atoms with Gasteiger partial charge in [0.05, 0.1) is 0 Å². The van der Waals surface area contributed by atoms with Gasteiger partial charge in [-0.25, -0.2) is 0 Å². The molecule has 1 aliphatic rings. The van der Waals surface area contributed by atoms with E-state index < -0.39 is 0 Å². The summed E-state index contributed by atoms with van der Waals surface area (Å²) >= 11 is 5.94. The van der Waals surface area contributed by atoms with E-state index in [9.17, 15) is 4.79 Å². The number of likely N-dealkylation sites (tertiary alicyclic amines) is 1. The molecule has 1 aromatic carbocycles. The maximum Gasteiger partial charge on any atom is 0.220 e. The Hall–Kier alpha value is -1.06. The van der Waals surface area contributed by atoms with Crippen molar-refractivity contribution in [2.24, 2.45) is 0 Å². The van der Waals surface area contributed by atoms with Crippen LogP contribution in [0, 0.1) is 0 Å². The standard InChI is InChI=1S/C16H23ClN2O/c1-19-10-8-15(9-11-19)18-16(20)7-3-5-13-4-2-6-14(17)12-13/h2,4,6,12,15H,3,5,7-11H2,1H3,(H,18,20). The van der Waals surface area contributed by atoms with Crippen molar-refractivity contribution >= 4 is 17.5 Å². The summed E-state index contributed by atoms with van der Waals surface area (Å²) in [6.07, 6.45) is 4.51. The van der Waals surface area contributed by atoms with Crippen molar-refractivity contribution in [2.45, 2.75) is 38.1 Å². The van der Waals surface area contributed by atoms with E-state index in [0.717, 1.165) is 43.8 Å². The zero-order valence-electron chi connectivity index (χ0n) is 12.1. The van der Waals surface area contributed by atoms with Crippen molar-refractivity contribution in [3.63, 3.8) is 0 Å². The summed E-state index contributed by atoms with van der Waals surface area (Å²) in [6, 6.07) is 8.22. The molecule has 1 heterocycles. The first-order valence-corrected chi connectivity index (χ1v) is 7.73. The Balaban J connectivity index is 1.65. The molecule has 2 rings (SSSR count). The number of aryl methyl sites for hydroxylation is 1. The molecule has 3 nitrogen and oxygen atoms in total. The lowest BCUT2D eigenvalue weighted by molar-refractivity contribution is -0.122. The largest absolute Gasteiger partial charge is 0.353 e. The van der Waals surface area contributed by atoms with Crippen LogP contribution in [-0.4, -0.2) is 37.0 Å². The van der Waals surface area contributed by atoms with Gasteiger partial charge in [-0.3, -0.25) is 4.79 Å². The molecule has 0 aliphatic carbocycles. The Morgan fingerprint density at radius 3 is 2.85 bits per heavy atom. The molecule has 1 N–H and O–H groups in total. The topological polar surface area (TPSA) is 32.3 Å². The molecular formula is C16H23ClN2O. The molecular weight excluding hydrogens is 272 g/mol. The normalized spacial score (nSPS) is 17.1. The minimum Gasteiger partial charge on any atom is -0.353 e. The van der Waals surface area contributed by atoms with Crippen molar-refractivity contribution < 1.29 is 4.79 Å². The summed E-state index contributed by atoms with van der Waals surface area (Å²) in [5.41, 5.74) is 1.20. The van der Waals surface area contributed by atoms with Crippen LogP contribution in [0.4, 0.5) is 0 Å². The summed E-state index contributed by atoms with van der Waals surface area (Å²) in [5, 5.41) is 3.91. The van der Waals surface area contributed by atoms with Crippen molar-refractivity contribution in [3.05, 3.63) is 34.9 Å². The lowest BCUT2D eigenvalue weighted by Gasteiger charge is -2.29. The van der Waals surface area contributed by atoms with E-state index >= 15 is 0 Å². The Bertz CT molecular complexity index is 442. The molecule has 0 bridgehead atoms. The zero-order valence-corrected chi connectivity index (χ0v) is 12.8. The maximum absolute atomic E-state index is 11.9. The fourth-order valence-electron chi connectivity index (χ4n) is 2.60. The first kappa shape index (κ1) is 15.3. The number of benzene rings is 1. The number of halogens is 1. The summed E-state index contributed by atoms with van der Waals surface area (Å²) in [6.45, 7) is 2.15. The SMILES string of the molecule is CN1CCC(NC(=O)CCCc2cccc(Cl)c2)CC1. The van der Waals surface area contributed by atoms with E-state index in [1.807, 2.05) is 18.2 Å². The first-order valence-electron chi connectivity index (χ1n) is 7.36. The highest BCUT2D eigenvalue weighted by molar-refractivity contribution is 6.30. The second kappa shape index (κ2) is 7.65. The van der Waals surface area contributed by atoms with Gasteiger partial charge in [0.25, 0.3) is 0 Å². The molecule has 1 fully saturated rings. The summed E-state index contributed by atoms with van der Waals surface area (Å²) < 4.78 is 0. The van der Waals surface area contributed by atoms with E-state index in [1.54, 1.807) is 0 Å². The lowest BCUT2D eigenvalue weighted by atomic mass is 10.0. The van der Waals surface area contributed by atoms with Crippen molar-refractivity contribution in [3.8, 4) is 0 Å². The molecule has 0 atom stereocenters. The number of piperidine rings is 1. The van der Waals surface area contributed by atoms with Gasteiger partial charge in [-0.2, -0.15) is 0 Å². The molecule has 4 heteroatoms. The number of carbonyl (C=O) groups excluding carboxylic acids is 1. The van der Waals surface area contributed by atoms with Crippen LogP contribution in [0.2, 0.25) is 5.02 Å². The molecule has 1 saturated heterocycles. The molecule has 110 valence electrons. The van der Waals surface area contributed by atoms with E-state index in [2.05, 4.69) is 23.3 Å². The number of nitrogens with zero attached hydrogens (tertiary/aromatic N) is 1. The third-order valence-electron chi connectivity index (χ3n) is 3.84. The predicted octanol–water partition coefficient (Wildman–Crippen LogP) is 2.87. The molecule has 20 heavy (non-hydrogen) atoms. The van der Waals surface area contributed by atoms with Crippen molar-refractivity contribution in [2.75, 3.05) is 20.1 Å². The molecule has 1 amide bonds. The lowest BCUT2D eigenvalue weighted by Crippen LogP contribution is -2.43. The van der Waals surface area contributed by atoms with Crippen LogP contribution in [0.1, 0.15) is 31.2 Å². The van der Waals surface area contributed by atoms with Crippen LogP contribution in [-0.2, 0) is 11.2 Å². The van der Waals surface area contributed by atoms with E-state index in [4.69, 9.17) is 11.6 Å². The number of hydrogen-bond acceptors (Lipinski definition) is 2. The van der Waals surface area contributed by atoms with Gasteiger partial charge in [-0.15, -0.1) is 0 Å². The number of rotatable bonds is 5. The third kappa shape index (κ3) is 5.14. The Kier molecular flexibility index (Phi) is 5.86. The highest BCUT2D eigenvalue weighted by Crippen LogP contribution is 2.13. The summed E-state index contributed by atoms with van der Waals surface area (Å²) in [4.78, 5) is 14.2. The van der Waals surface area contributed by atoms with Crippen LogP contribution in [0.25, 0.3) is 0 Å². The fourth-order valence-corrected chi connectivity index (χ4v) is 2.81. The minimum atomic E-state index is 0.182. The highest BCUT2D eigenvalue weighted by atomic mass is 35.5. The smallest absolute Gasteiger partial charge is 0.220 e. The molecule has 0 aromatic heterocycles. The number of hydrogen-bond donors (Lipinski definition) is 1. The predicted molar refractivity (Wildman–Crippen MR) is 83.1 cm³/mol. The summed E-state index contributed by atoms with van der Waals surface area (Å²) in [7, 11) is 2.13. The zero-order chi connectivity index (χ0) is 14.4. The van der Waals surface area contributed by atoms with Crippen LogP contribution in [0.15, 0.2) is 24.3 Å². The van der Waals surface area contributed by atoms with Gasteiger partial charge < -0.3 is 10.2 Å². The van der Waals surface area contributed by atoms with Gasteiger partial charge in [0, 0.05) is 17.5 Å². The van der Waals surface area contributed by atoms with Gasteiger partial charge in [0.2, 0.25) is 5.91 Å². The monoisotopic (exact) mass is 294 g/mol. The summed E-state index contributed by atoms with van der Waals surface area (Å²) in [5.74, 6) is 0.182. The van der Waals surface area contributed by atoms with E-state index in [0.29, 0.717) is 12.5 Å². The maximum atomic E-state index is 11.9. The average Bonchev–Trinajstić information content (AvgIpc) is 2.41. The fraction of sp³-hybridized carbons (Fsp3) is 0.562. The van der Waals surface area contributed by atoms with Gasteiger partial charge in [0.15, 0.2) is 0 Å². The van der Waals surface area contributed by atoms with Crippen molar-refractivity contribution in [1.29, 1.82) is 0 Å².